The molecule has 0 saturated carbocycles. The third-order valence-electron chi connectivity index (χ3n) is 3.08. The molecule has 4 nitrogen and oxygen atoms in total. The number of fused-ring (bicyclic) bond motifs is 1. The standard InChI is InChI=1S/C15H14ClNO3/c16-11-3-1-10(2-4-11)15(8-17)20-12-5-6-13-14(7-12)19-9-18-13/h1-7,15H,8-9,17H2. The highest BCUT2D eigenvalue weighted by Gasteiger charge is 2.16. The molecule has 0 aliphatic carbocycles. The molecule has 2 N–H and O–H groups in total. The summed E-state index contributed by atoms with van der Waals surface area (Å²) < 4.78 is 16.5. The summed E-state index contributed by atoms with van der Waals surface area (Å²) in [6, 6.07) is 12.9. The van der Waals surface area contributed by atoms with Crippen molar-refractivity contribution in [1.82, 2.24) is 0 Å². The van der Waals surface area contributed by atoms with Crippen LogP contribution >= 0.6 is 11.6 Å². The van der Waals surface area contributed by atoms with Crippen molar-refractivity contribution in [1.29, 1.82) is 0 Å². The minimum absolute atomic E-state index is 0.229. The highest BCUT2D eigenvalue weighted by molar-refractivity contribution is 6.30. The van der Waals surface area contributed by atoms with Crippen molar-refractivity contribution in [2.24, 2.45) is 5.73 Å². The van der Waals surface area contributed by atoms with E-state index in [1.165, 1.54) is 0 Å². The minimum atomic E-state index is -0.229. The van der Waals surface area contributed by atoms with E-state index in [1.807, 2.05) is 36.4 Å². The number of hydrogen-bond donors (Lipinski definition) is 1. The first kappa shape index (κ1) is 13.1. The van der Waals surface area contributed by atoms with Crippen molar-refractivity contribution in [3.63, 3.8) is 0 Å². The maximum Gasteiger partial charge on any atom is 0.231 e. The van der Waals surface area contributed by atoms with Gasteiger partial charge >= 0.3 is 0 Å². The molecular formula is C15H14ClNO3. The van der Waals surface area contributed by atoms with Crippen molar-refractivity contribution < 1.29 is 14.2 Å². The van der Waals surface area contributed by atoms with Crippen LogP contribution in [0.2, 0.25) is 5.02 Å². The van der Waals surface area contributed by atoms with Crippen LogP contribution in [0.4, 0.5) is 0 Å². The predicted octanol–water partition coefficient (Wildman–Crippen LogP) is 3.15. The fraction of sp³-hybridized carbons (Fsp3) is 0.200. The Hall–Kier alpha value is -1.91. The number of hydrogen-bond acceptors (Lipinski definition) is 4. The van der Waals surface area contributed by atoms with Crippen LogP contribution in [0.1, 0.15) is 11.7 Å². The summed E-state index contributed by atoms with van der Waals surface area (Å²) in [4.78, 5) is 0. The fourth-order valence-corrected chi connectivity index (χ4v) is 2.17. The van der Waals surface area contributed by atoms with E-state index in [0.717, 1.165) is 11.3 Å². The lowest BCUT2D eigenvalue weighted by Crippen LogP contribution is -2.18. The van der Waals surface area contributed by atoms with Crippen LogP contribution in [0, 0.1) is 0 Å². The van der Waals surface area contributed by atoms with Crippen LogP contribution in [0.15, 0.2) is 42.5 Å². The van der Waals surface area contributed by atoms with E-state index in [-0.39, 0.29) is 12.9 Å². The van der Waals surface area contributed by atoms with Gasteiger partial charge in [0.1, 0.15) is 11.9 Å². The van der Waals surface area contributed by atoms with Gasteiger partial charge in [0.25, 0.3) is 0 Å². The molecule has 2 aromatic rings. The lowest BCUT2D eigenvalue weighted by atomic mass is 10.1. The molecule has 0 radical (unpaired) electrons. The maximum atomic E-state index is 5.91. The van der Waals surface area contributed by atoms with Crippen LogP contribution in [0.5, 0.6) is 17.2 Å². The number of halogens is 1. The zero-order valence-corrected chi connectivity index (χ0v) is 11.5. The minimum Gasteiger partial charge on any atom is -0.484 e. The van der Waals surface area contributed by atoms with Gasteiger partial charge in [-0.3, -0.25) is 0 Å². The first-order valence-corrected chi connectivity index (χ1v) is 6.66. The van der Waals surface area contributed by atoms with Gasteiger partial charge in [0.2, 0.25) is 6.79 Å². The third-order valence-corrected chi connectivity index (χ3v) is 3.33. The molecule has 0 fully saturated rings. The number of rotatable bonds is 4. The molecule has 0 saturated heterocycles. The molecule has 1 aliphatic heterocycles. The van der Waals surface area contributed by atoms with Gasteiger partial charge in [-0.25, -0.2) is 0 Å². The molecule has 2 aromatic carbocycles. The van der Waals surface area contributed by atoms with Crippen molar-refractivity contribution in [3.8, 4) is 17.2 Å². The molecule has 3 rings (SSSR count). The summed E-state index contributed by atoms with van der Waals surface area (Å²) in [5, 5.41) is 0.688. The van der Waals surface area contributed by atoms with E-state index >= 15 is 0 Å². The van der Waals surface area contributed by atoms with Crippen molar-refractivity contribution in [2.45, 2.75) is 6.10 Å². The number of benzene rings is 2. The highest BCUT2D eigenvalue weighted by Crippen LogP contribution is 2.36. The van der Waals surface area contributed by atoms with Gasteiger partial charge in [-0.05, 0) is 29.8 Å². The monoisotopic (exact) mass is 291 g/mol. The van der Waals surface area contributed by atoms with Gasteiger partial charge in [-0.1, -0.05) is 23.7 Å². The van der Waals surface area contributed by atoms with Crippen LogP contribution in [0.3, 0.4) is 0 Å². The summed E-state index contributed by atoms with van der Waals surface area (Å²) in [7, 11) is 0. The van der Waals surface area contributed by atoms with E-state index < -0.39 is 0 Å². The highest BCUT2D eigenvalue weighted by atomic mass is 35.5. The SMILES string of the molecule is NCC(Oc1ccc2c(c1)OCO2)c1ccc(Cl)cc1. The molecular weight excluding hydrogens is 278 g/mol. The average molecular weight is 292 g/mol. The summed E-state index contributed by atoms with van der Waals surface area (Å²) in [5.41, 5.74) is 6.77. The van der Waals surface area contributed by atoms with Crippen LogP contribution in [-0.4, -0.2) is 13.3 Å². The largest absolute Gasteiger partial charge is 0.484 e. The molecule has 0 spiro atoms. The van der Waals surface area contributed by atoms with Gasteiger partial charge in [0, 0.05) is 17.6 Å². The molecule has 5 heteroatoms. The Morgan fingerprint density at radius 3 is 2.60 bits per heavy atom. The molecule has 1 aliphatic rings. The Balaban J connectivity index is 1.79. The zero-order chi connectivity index (χ0) is 13.9. The first-order valence-electron chi connectivity index (χ1n) is 6.28. The average Bonchev–Trinajstić information content (AvgIpc) is 2.93. The molecule has 104 valence electrons. The van der Waals surface area contributed by atoms with Crippen LogP contribution < -0.4 is 19.9 Å². The quantitative estimate of drug-likeness (QED) is 0.940. The first-order chi connectivity index (χ1) is 9.76. The summed E-state index contributed by atoms with van der Waals surface area (Å²) in [6.45, 7) is 0.617. The van der Waals surface area contributed by atoms with Crippen molar-refractivity contribution in [3.05, 3.63) is 53.1 Å². The van der Waals surface area contributed by atoms with Gasteiger partial charge in [0.15, 0.2) is 11.5 Å². The van der Waals surface area contributed by atoms with Gasteiger partial charge in [-0.2, -0.15) is 0 Å². The molecule has 20 heavy (non-hydrogen) atoms. The second kappa shape index (κ2) is 5.61. The van der Waals surface area contributed by atoms with Gasteiger partial charge in [0.05, 0.1) is 0 Å². The molecule has 1 unspecified atom stereocenters. The molecule has 0 bridgehead atoms. The lowest BCUT2D eigenvalue weighted by Gasteiger charge is -2.18. The lowest BCUT2D eigenvalue weighted by molar-refractivity contribution is 0.173. The normalized spacial score (nSPS) is 14.1. The summed E-state index contributed by atoms with van der Waals surface area (Å²) in [6.07, 6.45) is -0.229. The molecule has 0 amide bonds. The predicted molar refractivity (Wildman–Crippen MR) is 76.4 cm³/mol. The number of nitrogens with two attached hydrogens (primary N) is 1. The molecule has 1 atom stereocenters. The van der Waals surface area contributed by atoms with Crippen molar-refractivity contribution >= 4 is 11.6 Å². The Morgan fingerprint density at radius 1 is 1.10 bits per heavy atom. The molecule has 1 heterocycles. The van der Waals surface area contributed by atoms with E-state index in [4.69, 9.17) is 31.5 Å². The summed E-state index contributed by atoms with van der Waals surface area (Å²) >= 11 is 5.88. The van der Waals surface area contributed by atoms with Gasteiger partial charge < -0.3 is 19.9 Å². The van der Waals surface area contributed by atoms with Crippen LogP contribution in [0.25, 0.3) is 0 Å². The topological polar surface area (TPSA) is 53.7 Å². The van der Waals surface area contributed by atoms with E-state index in [0.29, 0.717) is 23.1 Å². The van der Waals surface area contributed by atoms with Crippen molar-refractivity contribution in [2.75, 3.05) is 13.3 Å². The van der Waals surface area contributed by atoms with Gasteiger partial charge in [-0.15, -0.1) is 0 Å². The smallest absolute Gasteiger partial charge is 0.231 e. The van der Waals surface area contributed by atoms with E-state index in [9.17, 15) is 0 Å². The Bertz CT molecular complexity index is 601. The maximum absolute atomic E-state index is 5.91. The van der Waals surface area contributed by atoms with E-state index in [1.54, 1.807) is 6.07 Å². The summed E-state index contributed by atoms with van der Waals surface area (Å²) in [5.74, 6) is 2.11. The second-order valence-corrected chi connectivity index (χ2v) is 4.85. The Morgan fingerprint density at radius 2 is 1.85 bits per heavy atom. The third kappa shape index (κ3) is 2.66. The second-order valence-electron chi connectivity index (χ2n) is 4.41. The molecule has 0 aromatic heterocycles. The van der Waals surface area contributed by atoms with E-state index in [2.05, 4.69) is 0 Å². The zero-order valence-electron chi connectivity index (χ0n) is 10.7. The Kier molecular flexibility index (Phi) is 3.67. The number of ether oxygens (including phenoxy) is 3. The fourth-order valence-electron chi connectivity index (χ4n) is 2.04. The van der Waals surface area contributed by atoms with Crippen LogP contribution in [-0.2, 0) is 0 Å². The Labute approximate surface area is 122 Å².